The molecule has 0 radical (unpaired) electrons. The molecule has 0 saturated heterocycles. The van der Waals surface area contributed by atoms with Gasteiger partial charge in [0.2, 0.25) is 0 Å². The molecule has 1 unspecified atom stereocenters. The molecule has 2 heterocycles. The van der Waals surface area contributed by atoms with Crippen molar-refractivity contribution >= 4 is 34.4 Å². The number of methoxy groups -OCH3 is 1. The maximum Gasteiger partial charge on any atom is 0.331 e. The molecular weight excluding hydrogens is 432 g/mol. The zero-order chi connectivity index (χ0) is 22.7. The zero-order valence-electron chi connectivity index (χ0n) is 17.7. The van der Waals surface area contributed by atoms with Gasteiger partial charge in [0.1, 0.15) is 5.76 Å². The van der Waals surface area contributed by atoms with Crippen molar-refractivity contribution in [3.8, 4) is 17.3 Å². The van der Waals surface area contributed by atoms with Gasteiger partial charge in [-0.1, -0.05) is 30.7 Å². The number of anilines is 1. The Labute approximate surface area is 189 Å². The van der Waals surface area contributed by atoms with Crippen LogP contribution in [0.3, 0.4) is 0 Å². The number of hydrogen-bond donors (Lipinski definition) is 3. The van der Waals surface area contributed by atoms with Crippen LogP contribution in [0.2, 0.25) is 5.02 Å². The van der Waals surface area contributed by atoms with E-state index >= 15 is 0 Å². The first kappa shape index (κ1) is 21.9. The predicted octanol–water partition coefficient (Wildman–Crippen LogP) is 4.65. The number of H-pyrrole nitrogens is 1. The van der Waals surface area contributed by atoms with E-state index < -0.39 is 5.97 Å². The molecule has 0 bridgehead atoms. The van der Waals surface area contributed by atoms with E-state index in [1.165, 1.54) is 6.08 Å². The molecule has 1 atom stereocenters. The van der Waals surface area contributed by atoms with Gasteiger partial charge >= 0.3 is 12.0 Å². The zero-order valence-corrected chi connectivity index (χ0v) is 18.4. The highest BCUT2D eigenvalue weighted by atomic mass is 35.5. The lowest BCUT2D eigenvalue weighted by molar-refractivity contribution is -0.133. The number of allylic oxidation sites excluding steroid dienone is 2. The molecular formula is C23H23ClN4O4. The Bertz CT molecular complexity index is 1200. The number of carboxylic acids is 1. The van der Waals surface area contributed by atoms with E-state index in [1.54, 1.807) is 13.2 Å². The fourth-order valence-corrected chi connectivity index (χ4v) is 3.68. The Balaban J connectivity index is 1.55. The number of aromatic amines is 1. The Morgan fingerprint density at radius 2 is 2.09 bits per heavy atom. The first-order valence-corrected chi connectivity index (χ1v) is 10.5. The second-order valence-electron chi connectivity index (χ2n) is 7.48. The summed E-state index contributed by atoms with van der Waals surface area (Å²) in [6.07, 6.45) is 3.95. The molecule has 1 aliphatic rings. The number of ether oxygens (including phenoxy) is 2. The minimum atomic E-state index is -0.950. The van der Waals surface area contributed by atoms with Crippen LogP contribution in [0.5, 0.6) is 6.01 Å². The number of pyridine rings is 1. The number of nitrogens with one attached hydrogen (secondary N) is 2. The van der Waals surface area contributed by atoms with Gasteiger partial charge in [-0.2, -0.15) is 4.98 Å². The minimum absolute atomic E-state index is 0.0693. The highest BCUT2D eigenvalue weighted by Gasteiger charge is 2.21. The van der Waals surface area contributed by atoms with Crippen LogP contribution in [0.4, 0.5) is 5.69 Å². The average molecular weight is 455 g/mol. The van der Waals surface area contributed by atoms with Crippen LogP contribution in [0.25, 0.3) is 22.4 Å². The summed E-state index contributed by atoms with van der Waals surface area (Å²) in [5, 5.41) is 13.1. The number of carboxylic acid groups (broad SMARTS) is 1. The van der Waals surface area contributed by atoms with Crippen LogP contribution < -0.4 is 10.1 Å². The number of halogens is 1. The molecule has 2 aromatic heterocycles. The Kier molecular flexibility index (Phi) is 6.43. The number of rotatable bonds is 8. The summed E-state index contributed by atoms with van der Waals surface area (Å²) in [7, 11) is 1.66. The summed E-state index contributed by atoms with van der Waals surface area (Å²) in [4.78, 5) is 23.4. The van der Waals surface area contributed by atoms with Crippen molar-refractivity contribution in [1.82, 2.24) is 15.0 Å². The summed E-state index contributed by atoms with van der Waals surface area (Å²) < 4.78 is 10.8. The molecule has 166 valence electrons. The third kappa shape index (κ3) is 4.76. The van der Waals surface area contributed by atoms with Gasteiger partial charge in [0.25, 0.3) is 0 Å². The van der Waals surface area contributed by atoms with Gasteiger partial charge in [0.15, 0.2) is 5.65 Å². The van der Waals surface area contributed by atoms with Crippen molar-refractivity contribution in [1.29, 1.82) is 0 Å². The largest absolute Gasteiger partial charge is 0.478 e. The molecule has 4 rings (SSSR count). The van der Waals surface area contributed by atoms with E-state index in [1.807, 2.05) is 37.3 Å². The number of benzene rings is 1. The fourth-order valence-electron chi connectivity index (χ4n) is 3.42. The predicted molar refractivity (Wildman–Crippen MR) is 123 cm³/mol. The Morgan fingerprint density at radius 3 is 2.81 bits per heavy atom. The van der Waals surface area contributed by atoms with Gasteiger partial charge in [-0.3, -0.25) is 0 Å². The molecule has 1 aliphatic carbocycles. The van der Waals surface area contributed by atoms with Crippen LogP contribution in [0, 0.1) is 5.92 Å². The first-order chi connectivity index (χ1) is 15.4. The van der Waals surface area contributed by atoms with Gasteiger partial charge in [-0.05, 0) is 42.7 Å². The number of aliphatic carboxylic acids is 1. The smallest absolute Gasteiger partial charge is 0.331 e. The standard InChI is InChI=1S/C23H23ClN4O4/c1-13-3-8-16(11-17(13)22(29)30)32-23-26-19-12-18(24)20(27-21(19)28-23)14-4-6-15(7-5-14)25-9-10-31-2/h4-8,11-13,25H,3,9-10H2,1-2H3,(H,29,30)(H,26,27,28). The lowest BCUT2D eigenvalue weighted by Gasteiger charge is -2.16. The summed E-state index contributed by atoms with van der Waals surface area (Å²) in [5.41, 5.74) is 3.83. The molecule has 0 amide bonds. The van der Waals surface area contributed by atoms with Crippen LogP contribution in [-0.4, -0.2) is 46.3 Å². The van der Waals surface area contributed by atoms with Gasteiger partial charge in [0.05, 0.1) is 22.8 Å². The molecule has 3 aromatic rings. The number of imidazole rings is 1. The molecule has 3 N–H and O–H groups in total. The minimum Gasteiger partial charge on any atom is -0.478 e. The number of hydrogen-bond acceptors (Lipinski definition) is 6. The van der Waals surface area contributed by atoms with E-state index in [-0.39, 0.29) is 11.9 Å². The topological polar surface area (TPSA) is 109 Å². The fraction of sp³-hybridized carbons (Fsp3) is 0.261. The molecule has 0 fully saturated rings. The van der Waals surface area contributed by atoms with Crippen molar-refractivity contribution in [2.75, 3.05) is 25.6 Å². The highest BCUT2D eigenvalue weighted by Crippen LogP contribution is 2.31. The van der Waals surface area contributed by atoms with Crippen molar-refractivity contribution in [2.45, 2.75) is 13.3 Å². The summed E-state index contributed by atoms with van der Waals surface area (Å²) in [6.45, 7) is 3.21. The van der Waals surface area contributed by atoms with Crippen LogP contribution >= 0.6 is 11.6 Å². The SMILES string of the molecule is COCCNc1ccc(-c2nc3nc(OC4=CCC(C)C(C(=O)O)=C4)[nH]c3cc2Cl)cc1. The van der Waals surface area contributed by atoms with Crippen LogP contribution in [0.15, 0.2) is 53.8 Å². The molecule has 0 aliphatic heterocycles. The first-order valence-electron chi connectivity index (χ1n) is 10.2. The Hall–Kier alpha value is -3.36. The number of nitrogens with zero attached hydrogens (tertiary/aromatic N) is 2. The number of carbonyl (C=O) groups is 1. The second kappa shape index (κ2) is 9.42. The molecule has 8 nitrogen and oxygen atoms in total. The summed E-state index contributed by atoms with van der Waals surface area (Å²) >= 11 is 6.48. The molecule has 9 heteroatoms. The van der Waals surface area contributed by atoms with E-state index in [2.05, 4.69) is 20.3 Å². The number of aromatic nitrogens is 3. The van der Waals surface area contributed by atoms with E-state index in [0.29, 0.717) is 46.2 Å². The monoisotopic (exact) mass is 454 g/mol. The van der Waals surface area contributed by atoms with Crippen molar-refractivity contribution < 1.29 is 19.4 Å². The highest BCUT2D eigenvalue weighted by molar-refractivity contribution is 6.33. The Morgan fingerprint density at radius 1 is 1.31 bits per heavy atom. The summed E-state index contributed by atoms with van der Waals surface area (Å²) in [5.74, 6) is -0.586. The van der Waals surface area contributed by atoms with E-state index in [4.69, 9.17) is 21.1 Å². The van der Waals surface area contributed by atoms with Gasteiger partial charge in [-0.15, -0.1) is 0 Å². The quantitative estimate of drug-likeness (QED) is 0.425. The second-order valence-corrected chi connectivity index (χ2v) is 7.89. The molecule has 1 aromatic carbocycles. The van der Waals surface area contributed by atoms with Crippen molar-refractivity contribution in [2.24, 2.45) is 5.92 Å². The molecule has 32 heavy (non-hydrogen) atoms. The van der Waals surface area contributed by atoms with E-state index in [0.717, 1.165) is 17.8 Å². The third-order valence-electron chi connectivity index (χ3n) is 5.16. The summed E-state index contributed by atoms with van der Waals surface area (Å²) in [6, 6.07) is 9.75. The maximum absolute atomic E-state index is 11.4. The molecule has 0 spiro atoms. The van der Waals surface area contributed by atoms with Crippen molar-refractivity contribution in [3.05, 3.63) is 58.8 Å². The lowest BCUT2D eigenvalue weighted by atomic mass is 9.93. The lowest BCUT2D eigenvalue weighted by Crippen LogP contribution is -2.14. The normalized spacial score (nSPS) is 15.9. The number of fused-ring (bicyclic) bond motifs is 1. The van der Waals surface area contributed by atoms with E-state index in [9.17, 15) is 9.90 Å². The van der Waals surface area contributed by atoms with Crippen molar-refractivity contribution in [3.63, 3.8) is 0 Å². The molecule has 0 saturated carbocycles. The maximum atomic E-state index is 11.4. The van der Waals surface area contributed by atoms with Gasteiger partial charge in [0, 0.05) is 30.5 Å². The van der Waals surface area contributed by atoms with Crippen LogP contribution in [-0.2, 0) is 9.53 Å². The van der Waals surface area contributed by atoms with Crippen LogP contribution in [0.1, 0.15) is 13.3 Å². The third-order valence-corrected chi connectivity index (χ3v) is 5.45. The van der Waals surface area contributed by atoms with Gasteiger partial charge < -0.3 is 24.9 Å². The van der Waals surface area contributed by atoms with Gasteiger partial charge in [-0.25, -0.2) is 9.78 Å². The average Bonchev–Trinajstić information content (AvgIpc) is 3.16.